The molecule has 1 aromatic heterocycles. The number of H-pyrrole nitrogens is 1. The van der Waals surface area contributed by atoms with Gasteiger partial charge in [-0.1, -0.05) is 25.1 Å². The Hall–Kier alpha value is -1.52. The molecule has 1 amide bonds. The average molecular weight is 336 g/mol. The number of rotatable bonds is 4. The van der Waals surface area contributed by atoms with E-state index in [0.29, 0.717) is 0 Å². The number of hydrogen-bond acceptors (Lipinski definition) is 2. The highest BCUT2D eigenvalue weighted by molar-refractivity contribution is 5.85. The third-order valence-corrected chi connectivity index (χ3v) is 4.63. The van der Waals surface area contributed by atoms with Gasteiger partial charge in [-0.3, -0.25) is 4.79 Å². The summed E-state index contributed by atoms with van der Waals surface area (Å²) in [6.07, 6.45) is 3.34. The van der Waals surface area contributed by atoms with Crippen LogP contribution >= 0.6 is 12.4 Å². The second-order valence-electron chi connectivity index (χ2n) is 6.31. The number of nitrogens with zero attached hydrogens (tertiary/aromatic N) is 1. The summed E-state index contributed by atoms with van der Waals surface area (Å²) >= 11 is 0. The summed E-state index contributed by atoms with van der Waals surface area (Å²) < 4.78 is 0. The zero-order chi connectivity index (χ0) is 15.5. The Labute approximate surface area is 144 Å². The van der Waals surface area contributed by atoms with Crippen molar-refractivity contribution in [2.75, 3.05) is 20.1 Å². The molecule has 2 unspecified atom stereocenters. The van der Waals surface area contributed by atoms with Crippen LogP contribution < -0.4 is 5.32 Å². The van der Waals surface area contributed by atoms with Gasteiger partial charge in [-0.2, -0.15) is 0 Å². The van der Waals surface area contributed by atoms with E-state index in [4.69, 9.17) is 0 Å². The normalized spacial score (nSPS) is 19.4. The average Bonchev–Trinajstić information content (AvgIpc) is 2.98. The molecule has 2 aromatic rings. The topological polar surface area (TPSA) is 48.1 Å². The fraction of sp³-hybridized carbons (Fsp3) is 0.500. The monoisotopic (exact) mass is 335 g/mol. The first-order chi connectivity index (χ1) is 10.7. The van der Waals surface area contributed by atoms with Crippen LogP contribution in [0, 0.1) is 5.92 Å². The number of amides is 1. The first kappa shape index (κ1) is 17.8. The van der Waals surface area contributed by atoms with E-state index in [1.165, 1.54) is 17.5 Å². The smallest absolute Gasteiger partial charge is 0.227 e. The quantitative estimate of drug-likeness (QED) is 0.898. The van der Waals surface area contributed by atoms with Gasteiger partial charge in [0.05, 0.1) is 6.04 Å². The van der Waals surface area contributed by atoms with Gasteiger partial charge in [0, 0.05) is 30.2 Å². The van der Waals surface area contributed by atoms with E-state index in [-0.39, 0.29) is 30.3 Å². The Balaban J connectivity index is 0.00000192. The number of nitrogens with one attached hydrogen (secondary N) is 2. The Kier molecular flexibility index (Phi) is 6.08. The predicted molar refractivity (Wildman–Crippen MR) is 96.9 cm³/mol. The highest BCUT2D eigenvalue weighted by Gasteiger charge is 2.31. The number of hydrogen-bond donors (Lipinski definition) is 2. The van der Waals surface area contributed by atoms with Crippen LogP contribution in [0.4, 0.5) is 0 Å². The van der Waals surface area contributed by atoms with Crippen LogP contribution in [0.2, 0.25) is 0 Å². The number of para-hydroxylation sites is 1. The zero-order valence-corrected chi connectivity index (χ0v) is 14.7. The van der Waals surface area contributed by atoms with E-state index in [1.54, 1.807) is 0 Å². The fourth-order valence-electron chi connectivity index (χ4n) is 3.47. The van der Waals surface area contributed by atoms with Crippen molar-refractivity contribution in [3.8, 4) is 0 Å². The lowest BCUT2D eigenvalue weighted by molar-refractivity contribution is -0.138. The van der Waals surface area contributed by atoms with Gasteiger partial charge in [-0.15, -0.1) is 12.4 Å². The molecule has 1 aliphatic heterocycles. The Morgan fingerprint density at radius 3 is 2.91 bits per heavy atom. The number of carbonyl (C=O) groups is 1. The van der Waals surface area contributed by atoms with Gasteiger partial charge in [0.15, 0.2) is 0 Å². The molecule has 1 aromatic carbocycles. The van der Waals surface area contributed by atoms with Crippen molar-refractivity contribution in [3.05, 3.63) is 36.0 Å². The second-order valence-corrected chi connectivity index (χ2v) is 6.31. The van der Waals surface area contributed by atoms with Gasteiger partial charge in [0.1, 0.15) is 0 Å². The lowest BCUT2D eigenvalue weighted by atomic mass is 9.97. The van der Waals surface area contributed by atoms with Gasteiger partial charge in [0.2, 0.25) is 5.91 Å². The number of benzene rings is 1. The van der Waals surface area contributed by atoms with Gasteiger partial charge >= 0.3 is 0 Å². The number of piperidine rings is 1. The number of aromatic amines is 1. The molecule has 5 heteroatoms. The molecule has 4 nitrogen and oxygen atoms in total. The molecule has 3 rings (SSSR count). The maximum absolute atomic E-state index is 12.8. The number of fused-ring (bicyclic) bond motifs is 1. The van der Waals surface area contributed by atoms with Crippen LogP contribution in [0.3, 0.4) is 0 Å². The molecule has 2 atom stereocenters. The number of likely N-dealkylation sites (tertiary alicyclic amines) is 1. The molecule has 0 saturated carbocycles. The summed E-state index contributed by atoms with van der Waals surface area (Å²) in [5, 5.41) is 4.33. The molecule has 23 heavy (non-hydrogen) atoms. The second kappa shape index (κ2) is 7.84. The zero-order valence-electron chi connectivity index (χ0n) is 13.8. The molecule has 126 valence electrons. The van der Waals surface area contributed by atoms with E-state index in [9.17, 15) is 4.79 Å². The van der Waals surface area contributed by atoms with Crippen molar-refractivity contribution in [2.24, 2.45) is 5.92 Å². The van der Waals surface area contributed by atoms with E-state index in [1.807, 2.05) is 20.0 Å². The number of aromatic nitrogens is 1. The van der Waals surface area contributed by atoms with Gasteiger partial charge in [0.25, 0.3) is 0 Å². The summed E-state index contributed by atoms with van der Waals surface area (Å²) in [5.74, 6) is 0.285. The standard InChI is InChI=1S/C18H25N3O.ClH/c1-13(12-19-2)18(22)21-10-6-5-9-17(21)16-11-14-7-3-4-8-15(14)20-16;/h3-4,7-8,11,13,17,19-20H,5-6,9-10,12H2,1-2H3;1H. The molecule has 2 heterocycles. The van der Waals surface area contributed by atoms with Crippen molar-refractivity contribution in [3.63, 3.8) is 0 Å². The molecule has 0 spiro atoms. The van der Waals surface area contributed by atoms with Crippen molar-refractivity contribution >= 4 is 29.2 Å². The van der Waals surface area contributed by atoms with Crippen molar-refractivity contribution in [2.45, 2.75) is 32.2 Å². The highest BCUT2D eigenvalue weighted by atomic mass is 35.5. The molecule has 2 N–H and O–H groups in total. The summed E-state index contributed by atoms with van der Waals surface area (Å²) in [6.45, 7) is 3.61. The van der Waals surface area contributed by atoms with Crippen LogP contribution in [-0.2, 0) is 4.79 Å². The molecule has 1 saturated heterocycles. The van der Waals surface area contributed by atoms with Gasteiger partial charge in [-0.25, -0.2) is 0 Å². The molecular weight excluding hydrogens is 310 g/mol. The van der Waals surface area contributed by atoms with E-state index < -0.39 is 0 Å². The molecule has 0 radical (unpaired) electrons. The lowest BCUT2D eigenvalue weighted by Gasteiger charge is -2.37. The molecule has 1 aliphatic rings. The maximum Gasteiger partial charge on any atom is 0.227 e. The highest BCUT2D eigenvalue weighted by Crippen LogP contribution is 2.33. The summed E-state index contributed by atoms with van der Waals surface area (Å²) in [6, 6.07) is 10.7. The Bertz CT molecular complexity index is 622. The predicted octanol–water partition coefficient (Wildman–Crippen LogP) is 3.50. The summed E-state index contributed by atoms with van der Waals surface area (Å²) in [5.41, 5.74) is 2.32. The summed E-state index contributed by atoms with van der Waals surface area (Å²) in [7, 11) is 1.90. The van der Waals surface area contributed by atoms with Crippen LogP contribution in [0.15, 0.2) is 30.3 Å². The molecular formula is C18H26ClN3O. The van der Waals surface area contributed by atoms with Crippen LogP contribution in [-0.4, -0.2) is 35.9 Å². The summed E-state index contributed by atoms with van der Waals surface area (Å²) in [4.78, 5) is 18.4. The fourth-order valence-corrected chi connectivity index (χ4v) is 3.47. The largest absolute Gasteiger partial charge is 0.357 e. The van der Waals surface area contributed by atoms with Crippen LogP contribution in [0.1, 0.15) is 37.9 Å². The Morgan fingerprint density at radius 1 is 1.39 bits per heavy atom. The van der Waals surface area contributed by atoms with Crippen molar-refractivity contribution < 1.29 is 4.79 Å². The molecule has 0 bridgehead atoms. The minimum absolute atomic E-state index is 0. The first-order valence-corrected chi connectivity index (χ1v) is 8.23. The molecule has 0 aliphatic carbocycles. The van der Waals surface area contributed by atoms with Crippen molar-refractivity contribution in [1.29, 1.82) is 0 Å². The third-order valence-electron chi connectivity index (χ3n) is 4.63. The molecule has 1 fully saturated rings. The number of carbonyl (C=O) groups excluding carboxylic acids is 1. The minimum atomic E-state index is 0. The maximum atomic E-state index is 12.8. The van der Waals surface area contributed by atoms with E-state index in [2.05, 4.69) is 39.5 Å². The first-order valence-electron chi connectivity index (χ1n) is 8.23. The van der Waals surface area contributed by atoms with Gasteiger partial charge in [-0.05, 0) is 43.8 Å². The lowest BCUT2D eigenvalue weighted by Crippen LogP contribution is -2.43. The van der Waals surface area contributed by atoms with E-state index in [0.717, 1.165) is 31.4 Å². The van der Waals surface area contributed by atoms with Gasteiger partial charge < -0.3 is 15.2 Å². The number of halogens is 1. The minimum Gasteiger partial charge on any atom is -0.357 e. The van der Waals surface area contributed by atoms with Crippen LogP contribution in [0.25, 0.3) is 10.9 Å². The Morgan fingerprint density at radius 2 is 2.17 bits per heavy atom. The van der Waals surface area contributed by atoms with Crippen LogP contribution in [0.5, 0.6) is 0 Å². The SMILES string of the molecule is CNCC(C)C(=O)N1CCCCC1c1cc2ccccc2[nH]1.Cl. The van der Waals surface area contributed by atoms with Crippen molar-refractivity contribution in [1.82, 2.24) is 15.2 Å². The third kappa shape index (κ3) is 3.70. The van der Waals surface area contributed by atoms with E-state index >= 15 is 0 Å².